The minimum Gasteiger partial charge on any atom is -1.00 e. The lowest BCUT2D eigenvalue weighted by Gasteiger charge is -2.39. The third kappa shape index (κ3) is 6.58. The number of carbonyl (C=O) groups is 2. The number of hydrogen-bond acceptors (Lipinski definition) is 8. The van der Waals surface area contributed by atoms with Crippen molar-refractivity contribution in [3.8, 4) is 22.5 Å². The standard InChI is InChI=1S/C31H30F2N6O3S.ClH/c32-31(33)18-39(27-11-5-10-24(36-27)25-17-43-30(37-25)38-28(40)14-34)13-12-26(31)35-15-29(41)42-16-23-21-8-3-1-6-19(21)20-7-2-4-9-22(20)23;/h1-11,17,23,26,35H,12-16,18,34H2,(H,37,38,40);1H/t26-;/m1./s1. The molecule has 1 atom stereocenters. The molecule has 4 aromatic rings. The number of carbonyl (C=O) groups excluding carboxylic acids is 2. The zero-order chi connectivity index (χ0) is 30.0. The predicted octanol–water partition coefficient (Wildman–Crippen LogP) is 0.549. The lowest BCUT2D eigenvalue weighted by Crippen LogP contribution is -3.00. The number of esters is 1. The van der Waals surface area contributed by atoms with E-state index in [4.69, 9.17) is 4.74 Å². The minimum atomic E-state index is -3.11. The summed E-state index contributed by atoms with van der Waals surface area (Å²) in [6, 6.07) is 20.1. The van der Waals surface area contributed by atoms with Gasteiger partial charge in [-0.15, -0.1) is 11.3 Å². The summed E-state index contributed by atoms with van der Waals surface area (Å²) in [5.74, 6) is -3.61. The van der Waals surface area contributed by atoms with Crippen LogP contribution < -0.4 is 33.7 Å². The number of ether oxygens (including phenoxy) is 1. The van der Waals surface area contributed by atoms with E-state index in [1.54, 1.807) is 23.6 Å². The van der Waals surface area contributed by atoms with Gasteiger partial charge in [0.1, 0.15) is 18.1 Å². The van der Waals surface area contributed by atoms with E-state index in [1.165, 1.54) is 16.2 Å². The fraction of sp³-hybridized carbons (Fsp3) is 0.290. The molecule has 0 bridgehead atoms. The van der Waals surface area contributed by atoms with Crippen LogP contribution in [-0.2, 0) is 14.3 Å². The van der Waals surface area contributed by atoms with Gasteiger partial charge in [0.25, 0.3) is 11.8 Å². The summed E-state index contributed by atoms with van der Waals surface area (Å²) in [6.45, 7) is -0.286. The molecule has 6 rings (SSSR count). The van der Waals surface area contributed by atoms with Crippen molar-refractivity contribution in [3.63, 3.8) is 0 Å². The lowest BCUT2D eigenvalue weighted by atomic mass is 9.98. The van der Waals surface area contributed by atoms with Crippen molar-refractivity contribution in [1.29, 1.82) is 0 Å². The molecule has 1 saturated heterocycles. The fourth-order valence-corrected chi connectivity index (χ4v) is 6.35. The van der Waals surface area contributed by atoms with Gasteiger partial charge in [0, 0.05) is 17.8 Å². The Balaban J connectivity index is 0.00000384. The van der Waals surface area contributed by atoms with Crippen molar-refractivity contribution in [3.05, 3.63) is 83.2 Å². The highest BCUT2D eigenvalue weighted by Gasteiger charge is 2.45. The Hall–Kier alpha value is -3.97. The zero-order valence-electron chi connectivity index (χ0n) is 23.6. The van der Waals surface area contributed by atoms with Crippen LogP contribution in [0.15, 0.2) is 72.1 Å². The highest BCUT2D eigenvalue weighted by atomic mass is 35.5. The van der Waals surface area contributed by atoms with Crippen LogP contribution in [0.4, 0.5) is 19.7 Å². The van der Waals surface area contributed by atoms with Crippen molar-refractivity contribution >= 4 is 34.2 Å². The monoisotopic (exact) mass is 640 g/mol. The van der Waals surface area contributed by atoms with Gasteiger partial charge in [-0.1, -0.05) is 54.6 Å². The normalized spacial score (nSPS) is 16.9. The van der Waals surface area contributed by atoms with E-state index in [0.717, 1.165) is 22.3 Å². The summed E-state index contributed by atoms with van der Waals surface area (Å²) in [6.07, 6.45) is 0.119. The van der Waals surface area contributed by atoms with Crippen LogP contribution in [-0.4, -0.2) is 66.6 Å². The molecule has 1 aliphatic carbocycles. The number of pyridine rings is 1. The lowest BCUT2D eigenvalue weighted by molar-refractivity contribution is -0.353. The van der Waals surface area contributed by atoms with Crippen molar-refractivity contribution < 1.29 is 41.2 Å². The van der Waals surface area contributed by atoms with E-state index in [2.05, 4.69) is 38.5 Å². The molecule has 9 nitrogen and oxygen atoms in total. The number of amides is 1. The van der Waals surface area contributed by atoms with Crippen LogP contribution in [0.3, 0.4) is 0 Å². The zero-order valence-corrected chi connectivity index (χ0v) is 25.2. The van der Waals surface area contributed by atoms with Gasteiger partial charge in [0.2, 0.25) is 0 Å². The average Bonchev–Trinajstić information content (AvgIpc) is 3.61. The van der Waals surface area contributed by atoms with Gasteiger partial charge < -0.3 is 27.8 Å². The number of quaternary nitrogens is 1. The number of alkyl halides is 2. The first-order valence-electron chi connectivity index (χ1n) is 14.0. The molecule has 1 fully saturated rings. The maximum Gasteiger partial charge on any atom is 0.319 e. The second-order valence-electron chi connectivity index (χ2n) is 10.5. The maximum atomic E-state index is 15.3. The molecule has 0 radical (unpaired) electrons. The third-order valence-corrected chi connectivity index (χ3v) is 8.52. The Morgan fingerprint density at radius 2 is 1.70 bits per heavy atom. The number of hydrogen-bond donors (Lipinski definition) is 3. The summed E-state index contributed by atoms with van der Waals surface area (Å²) < 4.78 is 36.1. The van der Waals surface area contributed by atoms with E-state index >= 15 is 8.78 Å². The number of nitrogens with one attached hydrogen (secondary N) is 2. The van der Waals surface area contributed by atoms with Gasteiger partial charge in [-0.05, 0) is 40.8 Å². The Morgan fingerprint density at radius 3 is 2.39 bits per heavy atom. The van der Waals surface area contributed by atoms with Crippen molar-refractivity contribution in [2.45, 2.75) is 24.3 Å². The Kier molecular flexibility index (Phi) is 9.54. The van der Waals surface area contributed by atoms with Crippen LogP contribution in [0, 0.1) is 0 Å². The van der Waals surface area contributed by atoms with Crippen LogP contribution >= 0.6 is 11.3 Å². The van der Waals surface area contributed by atoms with Gasteiger partial charge in [0.05, 0.1) is 24.8 Å². The van der Waals surface area contributed by atoms with E-state index in [9.17, 15) is 9.59 Å². The number of halogens is 3. The molecular formula is C31H31ClF2N6O3S. The van der Waals surface area contributed by atoms with Gasteiger partial charge >= 0.3 is 5.97 Å². The predicted molar refractivity (Wildman–Crippen MR) is 160 cm³/mol. The van der Waals surface area contributed by atoms with Crippen molar-refractivity contribution in [1.82, 2.24) is 15.3 Å². The number of piperidine rings is 1. The highest BCUT2D eigenvalue weighted by molar-refractivity contribution is 7.14. The summed E-state index contributed by atoms with van der Waals surface area (Å²) in [4.78, 5) is 34.7. The summed E-state index contributed by atoms with van der Waals surface area (Å²) in [5, 5.41) is 7.56. The van der Waals surface area contributed by atoms with Gasteiger partial charge in [-0.3, -0.25) is 20.2 Å². The molecule has 5 N–H and O–H groups in total. The molecule has 44 heavy (non-hydrogen) atoms. The Bertz CT molecular complexity index is 1610. The quantitative estimate of drug-likeness (QED) is 0.228. The average molecular weight is 641 g/mol. The SMILES string of the molecule is [Cl-].[NH3+]CC(=O)Nc1nc(-c2cccc(N3CC[C@@H](NCC(=O)OCC4c5ccccc5-c5ccccc54)C(F)(F)C3)n2)cs1. The van der Waals surface area contributed by atoms with E-state index in [1.807, 2.05) is 36.4 Å². The molecule has 0 saturated carbocycles. The number of fused-ring (bicyclic) bond motifs is 3. The second-order valence-corrected chi connectivity index (χ2v) is 11.4. The molecule has 230 valence electrons. The number of rotatable bonds is 9. The molecule has 2 aliphatic rings. The molecule has 1 amide bonds. The van der Waals surface area contributed by atoms with Crippen molar-refractivity contribution in [2.24, 2.45) is 0 Å². The van der Waals surface area contributed by atoms with Crippen LogP contribution in [0.5, 0.6) is 0 Å². The third-order valence-electron chi connectivity index (χ3n) is 7.76. The Morgan fingerprint density at radius 1 is 1.00 bits per heavy atom. The van der Waals surface area contributed by atoms with Crippen molar-refractivity contribution in [2.75, 3.05) is 43.0 Å². The first kappa shape index (κ1) is 31.5. The Labute approximate surface area is 263 Å². The first-order chi connectivity index (χ1) is 20.8. The van der Waals surface area contributed by atoms with Gasteiger partial charge in [0.15, 0.2) is 11.7 Å². The van der Waals surface area contributed by atoms with E-state index < -0.39 is 24.5 Å². The summed E-state index contributed by atoms with van der Waals surface area (Å²) in [5.41, 5.74) is 9.03. The fourth-order valence-electron chi connectivity index (χ4n) is 5.63. The summed E-state index contributed by atoms with van der Waals surface area (Å²) in [7, 11) is 0. The molecule has 0 spiro atoms. The van der Waals surface area contributed by atoms with Gasteiger partial charge in [-0.2, -0.15) is 0 Å². The van der Waals surface area contributed by atoms with Crippen LogP contribution in [0.25, 0.3) is 22.5 Å². The molecule has 0 unspecified atom stereocenters. The molecule has 3 heterocycles. The number of nitrogens with zero attached hydrogens (tertiary/aromatic N) is 3. The number of aromatic nitrogens is 2. The highest BCUT2D eigenvalue weighted by Crippen LogP contribution is 2.44. The second kappa shape index (κ2) is 13.3. The first-order valence-corrected chi connectivity index (χ1v) is 14.9. The molecule has 13 heteroatoms. The molecular weight excluding hydrogens is 610 g/mol. The minimum absolute atomic E-state index is 0. The smallest absolute Gasteiger partial charge is 0.319 e. The topological polar surface area (TPSA) is 124 Å². The maximum absolute atomic E-state index is 15.3. The van der Waals surface area contributed by atoms with Crippen LogP contribution in [0.1, 0.15) is 23.5 Å². The molecule has 2 aromatic heterocycles. The van der Waals surface area contributed by atoms with Crippen LogP contribution in [0.2, 0.25) is 0 Å². The van der Waals surface area contributed by atoms with E-state index in [-0.39, 0.29) is 50.3 Å². The number of benzene rings is 2. The summed E-state index contributed by atoms with van der Waals surface area (Å²) >= 11 is 1.25. The molecule has 2 aromatic carbocycles. The van der Waals surface area contributed by atoms with E-state index in [0.29, 0.717) is 28.9 Å². The number of anilines is 2. The molecule has 1 aliphatic heterocycles. The largest absolute Gasteiger partial charge is 1.00 e. The number of thiazole rings is 1. The van der Waals surface area contributed by atoms with Gasteiger partial charge in [-0.25, -0.2) is 18.7 Å².